The predicted molar refractivity (Wildman–Crippen MR) is 64.9 cm³/mol. The van der Waals surface area contributed by atoms with Crippen molar-refractivity contribution in [3.05, 3.63) is 35.9 Å². The van der Waals surface area contributed by atoms with Crippen LogP contribution in [0.25, 0.3) is 0 Å². The van der Waals surface area contributed by atoms with Crippen molar-refractivity contribution in [1.82, 2.24) is 5.32 Å². The van der Waals surface area contributed by atoms with Crippen LogP contribution in [0.3, 0.4) is 0 Å². The molecule has 0 aromatic heterocycles. The van der Waals surface area contributed by atoms with Crippen LogP contribution in [0.15, 0.2) is 30.3 Å². The van der Waals surface area contributed by atoms with Crippen molar-refractivity contribution < 1.29 is 14.7 Å². The van der Waals surface area contributed by atoms with E-state index in [4.69, 9.17) is 11.6 Å². The van der Waals surface area contributed by atoms with Crippen LogP contribution in [-0.4, -0.2) is 23.5 Å². The Morgan fingerprint density at radius 3 is 2.41 bits per heavy atom. The van der Waals surface area contributed by atoms with Crippen LogP contribution in [0.2, 0.25) is 0 Å². The number of carbonyl (C=O) groups is 2. The van der Waals surface area contributed by atoms with E-state index in [-0.39, 0.29) is 18.9 Å². The summed E-state index contributed by atoms with van der Waals surface area (Å²) in [4.78, 5) is 20.5. The molecule has 0 aliphatic rings. The minimum Gasteiger partial charge on any atom is -0.480 e. The monoisotopic (exact) mass is 255 g/mol. The van der Waals surface area contributed by atoms with Crippen LogP contribution in [0.4, 0.5) is 0 Å². The normalized spacial score (nSPS) is 13.8. The lowest BCUT2D eigenvalue weighted by Crippen LogP contribution is -2.34. The van der Waals surface area contributed by atoms with E-state index >= 15 is 0 Å². The van der Waals surface area contributed by atoms with Crippen LogP contribution in [0.1, 0.15) is 18.9 Å². The Labute approximate surface area is 105 Å². The van der Waals surface area contributed by atoms with Gasteiger partial charge in [-0.15, -0.1) is 11.6 Å². The fourth-order valence-corrected chi connectivity index (χ4v) is 1.71. The maximum Gasteiger partial charge on any atom is 0.329 e. The molecule has 0 radical (unpaired) electrons. The van der Waals surface area contributed by atoms with Crippen molar-refractivity contribution in [2.75, 3.05) is 6.54 Å². The largest absolute Gasteiger partial charge is 0.480 e. The molecule has 92 valence electrons. The van der Waals surface area contributed by atoms with Gasteiger partial charge in [0.2, 0.25) is 5.91 Å². The minimum absolute atomic E-state index is 0.132. The van der Waals surface area contributed by atoms with E-state index in [0.29, 0.717) is 5.56 Å². The van der Waals surface area contributed by atoms with Gasteiger partial charge in [0.25, 0.3) is 0 Å². The molecule has 1 unspecified atom stereocenters. The van der Waals surface area contributed by atoms with Gasteiger partial charge in [-0.25, -0.2) is 4.79 Å². The highest BCUT2D eigenvalue weighted by Crippen LogP contribution is 2.32. The number of amides is 1. The van der Waals surface area contributed by atoms with Gasteiger partial charge in [-0.1, -0.05) is 30.3 Å². The predicted octanol–water partition coefficient (Wildman–Crippen LogP) is 1.73. The Kier molecular flexibility index (Phi) is 4.52. The molecule has 0 saturated carbocycles. The summed E-state index contributed by atoms with van der Waals surface area (Å²) >= 11 is 6.13. The molecule has 1 aromatic rings. The fourth-order valence-electron chi connectivity index (χ4n) is 1.49. The first-order chi connectivity index (χ1) is 7.97. The molecule has 1 aromatic carbocycles. The average molecular weight is 256 g/mol. The maximum absolute atomic E-state index is 11.3. The Balaban J connectivity index is 2.83. The number of hydrogen-bond acceptors (Lipinski definition) is 2. The molecule has 0 heterocycles. The molecular weight excluding hydrogens is 242 g/mol. The molecule has 0 aliphatic carbocycles. The lowest BCUT2D eigenvalue weighted by atomic mass is 9.95. The highest BCUT2D eigenvalue weighted by molar-refractivity contribution is 6.33. The van der Waals surface area contributed by atoms with Crippen LogP contribution in [0.5, 0.6) is 0 Å². The summed E-state index contributed by atoms with van der Waals surface area (Å²) < 4.78 is 0. The molecule has 0 aliphatic heterocycles. The summed E-state index contributed by atoms with van der Waals surface area (Å²) in [6.45, 7) is 1.60. The second-order valence-electron chi connectivity index (χ2n) is 3.71. The number of aliphatic carboxylic acids is 1. The molecular formula is C12H14ClNO3. The summed E-state index contributed by atoms with van der Waals surface area (Å²) in [5, 5.41) is 11.7. The Morgan fingerprint density at radius 2 is 1.94 bits per heavy atom. The minimum atomic E-state index is -1.50. The third-order valence-electron chi connectivity index (χ3n) is 2.41. The zero-order valence-electron chi connectivity index (χ0n) is 9.44. The van der Waals surface area contributed by atoms with Crippen molar-refractivity contribution in [2.45, 2.75) is 18.2 Å². The molecule has 0 fully saturated rings. The fraction of sp³-hybridized carbons (Fsp3) is 0.333. The summed E-state index contributed by atoms with van der Waals surface area (Å²) in [6.07, 6.45) is 0.132. The molecule has 1 rings (SSSR count). The van der Waals surface area contributed by atoms with E-state index in [1.165, 1.54) is 6.92 Å². The maximum atomic E-state index is 11.3. The smallest absolute Gasteiger partial charge is 0.329 e. The number of carbonyl (C=O) groups excluding carboxylic acids is 1. The Morgan fingerprint density at radius 1 is 1.35 bits per heavy atom. The molecule has 4 nitrogen and oxygen atoms in total. The second kappa shape index (κ2) is 5.68. The molecule has 1 atom stereocenters. The van der Waals surface area contributed by atoms with E-state index in [9.17, 15) is 14.7 Å². The van der Waals surface area contributed by atoms with Crippen molar-refractivity contribution >= 4 is 23.5 Å². The molecule has 2 N–H and O–H groups in total. The van der Waals surface area contributed by atoms with Gasteiger partial charge >= 0.3 is 5.97 Å². The first-order valence-electron chi connectivity index (χ1n) is 5.19. The van der Waals surface area contributed by atoms with E-state index in [0.717, 1.165) is 0 Å². The average Bonchev–Trinajstić information content (AvgIpc) is 2.29. The van der Waals surface area contributed by atoms with E-state index in [1.807, 2.05) is 0 Å². The summed E-state index contributed by atoms with van der Waals surface area (Å²) in [5.41, 5.74) is 0.513. The topological polar surface area (TPSA) is 66.4 Å². The van der Waals surface area contributed by atoms with E-state index < -0.39 is 10.8 Å². The number of rotatable bonds is 5. The first-order valence-corrected chi connectivity index (χ1v) is 5.57. The van der Waals surface area contributed by atoms with Crippen LogP contribution < -0.4 is 5.32 Å². The first kappa shape index (κ1) is 13.5. The van der Waals surface area contributed by atoms with Crippen molar-refractivity contribution in [3.63, 3.8) is 0 Å². The number of alkyl halides is 1. The van der Waals surface area contributed by atoms with Gasteiger partial charge in [0.1, 0.15) is 0 Å². The van der Waals surface area contributed by atoms with E-state index in [1.54, 1.807) is 30.3 Å². The molecule has 0 bridgehead atoms. The SMILES string of the molecule is CC(=O)NCCC(Cl)(C(=O)O)c1ccccc1. The third kappa shape index (κ3) is 3.46. The zero-order chi connectivity index (χ0) is 12.9. The third-order valence-corrected chi connectivity index (χ3v) is 2.98. The summed E-state index contributed by atoms with van der Waals surface area (Å²) in [6, 6.07) is 8.57. The van der Waals surface area contributed by atoms with Gasteiger partial charge in [0, 0.05) is 13.5 Å². The standard InChI is InChI=1S/C12H14ClNO3/c1-9(15)14-8-7-12(13,11(16)17)10-5-3-2-4-6-10/h2-6H,7-8H2,1H3,(H,14,15)(H,16,17). The molecule has 5 heteroatoms. The molecule has 17 heavy (non-hydrogen) atoms. The van der Waals surface area contributed by atoms with Gasteiger partial charge in [0.15, 0.2) is 4.87 Å². The van der Waals surface area contributed by atoms with E-state index in [2.05, 4.69) is 5.32 Å². The zero-order valence-corrected chi connectivity index (χ0v) is 10.2. The molecule has 1 amide bonds. The number of benzene rings is 1. The number of nitrogens with one attached hydrogen (secondary N) is 1. The van der Waals surface area contributed by atoms with Crippen molar-refractivity contribution in [1.29, 1.82) is 0 Å². The quantitative estimate of drug-likeness (QED) is 0.788. The van der Waals surface area contributed by atoms with Gasteiger partial charge in [-0.05, 0) is 12.0 Å². The second-order valence-corrected chi connectivity index (χ2v) is 4.35. The van der Waals surface area contributed by atoms with Gasteiger partial charge in [0.05, 0.1) is 0 Å². The van der Waals surface area contributed by atoms with Crippen LogP contribution >= 0.6 is 11.6 Å². The lowest BCUT2D eigenvalue weighted by molar-refractivity contribution is -0.140. The van der Waals surface area contributed by atoms with Crippen LogP contribution in [0, 0.1) is 0 Å². The highest BCUT2D eigenvalue weighted by Gasteiger charge is 2.37. The van der Waals surface area contributed by atoms with Crippen LogP contribution in [-0.2, 0) is 14.5 Å². The Bertz CT molecular complexity index is 407. The number of halogens is 1. The highest BCUT2D eigenvalue weighted by atomic mass is 35.5. The van der Waals surface area contributed by atoms with Gasteiger partial charge < -0.3 is 10.4 Å². The van der Waals surface area contributed by atoms with Crippen molar-refractivity contribution in [2.24, 2.45) is 0 Å². The molecule has 0 saturated heterocycles. The number of carboxylic acid groups (broad SMARTS) is 1. The lowest BCUT2D eigenvalue weighted by Gasteiger charge is -2.22. The van der Waals surface area contributed by atoms with Gasteiger partial charge in [-0.2, -0.15) is 0 Å². The van der Waals surface area contributed by atoms with Crippen molar-refractivity contribution in [3.8, 4) is 0 Å². The number of carboxylic acids is 1. The Hall–Kier alpha value is -1.55. The number of hydrogen-bond donors (Lipinski definition) is 2. The molecule has 0 spiro atoms. The summed E-state index contributed by atoms with van der Waals surface area (Å²) in [5.74, 6) is -1.32. The summed E-state index contributed by atoms with van der Waals surface area (Å²) in [7, 11) is 0. The van der Waals surface area contributed by atoms with Gasteiger partial charge in [-0.3, -0.25) is 4.79 Å².